The first-order valence-corrected chi connectivity index (χ1v) is 8.82. The lowest BCUT2D eigenvalue weighted by Crippen LogP contribution is -2.43. The molecule has 1 fully saturated rings. The van der Waals surface area contributed by atoms with E-state index in [0.717, 1.165) is 11.1 Å². The van der Waals surface area contributed by atoms with Crippen molar-refractivity contribution < 1.29 is 24.2 Å². The van der Waals surface area contributed by atoms with E-state index in [1.807, 2.05) is 42.5 Å². The van der Waals surface area contributed by atoms with Crippen LogP contribution in [0, 0.1) is 5.92 Å². The number of rotatable bonds is 8. The van der Waals surface area contributed by atoms with Gasteiger partial charge in [0.15, 0.2) is 0 Å². The lowest BCUT2D eigenvalue weighted by atomic mass is 10.0. The van der Waals surface area contributed by atoms with E-state index >= 15 is 0 Å². The van der Waals surface area contributed by atoms with Crippen LogP contribution in [0.3, 0.4) is 0 Å². The summed E-state index contributed by atoms with van der Waals surface area (Å²) in [6, 6.07) is 13.8. The molecule has 3 rings (SSSR count). The standard InChI is InChI=1S/C21H23NO5/c1-26-14-8-9-19(27-2)16(11-14)15-12-17(15)20(23)22-18(21(24)25)10-13-6-4-3-5-7-13/h3-9,11,15,17-18H,10,12H2,1-2H3,(H,22,23)(H,24,25)/t15?,17?,18-/m1/s1. The molecule has 1 amide bonds. The molecule has 27 heavy (non-hydrogen) atoms. The maximum Gasteiger partial charge on any atom is 0.326 e. The van der Waals surface area contributed by atoms with Crippen LogP contribution in [0.15, 0.2) is 48.5 Å². The van der Waals surface area contributed by atoms with Gasteiger partial charge in [0.1, 0.15) is 17.5 Å². The number of amides is 1. The van der Waals surface area contributed by atoms with E-state index in [0.29, 0.717) is 17.9 Å². The smallest absolute Gasteiger partial charge is 0.326 e. The van der Waals surface area contributed by atoms with E-state index in [9.17, 15) is 14.7 Å². The van der Waals surface area contributed by atoms with Crippen molar-refractivity contribution >= 4 is 11.9 Å². The lowest BCUT2D eigenvalue weighted by Gasteiger charge is -2.15. The molecule has 6 nitrogen and oxygen atoms in total. The number of aliphatic carboxylic acids is 1. The lowest BCUT2D eigenvalue weighted by molar-refractivity contribution is -0.142. The van der Waals surface area contributed by atoms with Crippen molar-refractivity contribution in [3.05, 3.63) is 59.7 Å². The number of carbonyl (C=O) groups is 2. The number of carboxylic acid groups (broad SMARTS) is 1. The van der Waals surface area contributed by atoms with Crippen LogP contribution in [0.4, 0.5) is 0 Å². The number of methoxy groups -OCH3 is 2. The number of carboxylic acids is 1. The molecule has 0 bridgehead atoms. The van der Waals surface area contributed by atoms with Crippen LogP contribution in [0.2, 0.25) is 0 Å². The Morgan fingerprint density at radius 2 is 1.89 bits per heavy atom. The van der Waals surface area contributed by atoms with Crippen LogP contribution < -0.4 is 14.8 Å². The molecule has 1 aliphatic rings. The molecule has 0 aromatic heterocycles. The molecule has 2 aromatic rings. The van der Waals surface area contributed by atoms with Crippen molar-refractivity contribution in [2.75, 3.05) is 14.2 Å². The Kier molecular flexibility index (Phi) is 5.64. The van der Waals surface area contributed by atoms with Gasteiger partial charge in [-0.15, -0.1) is 0 Å². The Morgan fingerprint density at radius 3 is 2.52 bits per heavy atom. The third-order valence-corrected chi connectivity index (χ3v) is 4.86. The highest BCUT2D eigenvalue weighted by molar-refractivity contribution is 5.88. The molecule has 1 aliphatic carbocycles. The van der Waals surface area contributed by atoms with Gasteiger partial charge in [-0.3, -0.25) is 4.79 Å². The van der Waals surface area contributed by atoms with Gasteiger partial charge in [0.2, 0.25) is 5.91 Å². The fourth-order valence-corrected chi connectivity index (χ4v) is 3.29. The van der Waals surface area contributed by atoms with Crippen LogP contribution in [-0.2, 0) is 16.0 Å². The van der Waals surface area contributed by atoms with E-state index in [1.165, 1.54) is 0 Å². The molecular formula is C21H23NO5. The fraction of sp³-hybridized carbons (Fsp3) is 0.333. The Balaban J connectivity index is 1.68. The Hall–Kier alpha value is -3.02. The molecule has 1 saturated carbocycles. The van der Waals surface area contributed by atoms with Gasteiger partial charge in [-0.1, -0.05) is 30.3 Å². The van der Waals surface area contributed by atoms with Crippen molar-refractivity contribution in [1.82, 2.24) is 5.32 Å². The van der Waals surface area contributed by atoms with Gasteiger partial charge in [0.25, 0.3) is 0 Å². The highest BCUT2D eigenvalue weighted by Gasteiger charge is 2.46. The van der Waals surface area contributed by atoms with Gasteiger partial charge in [-0.2, -0.15) is 0 Å². The van der Waals surface area contributed by atoms with E-state index in [-0.39, 0.29) is 24.2 Å². The largest absolute Gasteiger partial charge is 0.497 e. The first-order chi connectivity index (χ1) is 13.0. The first-order valence-electron chi connectivity index (χ1n) is 8.82. The van der Waals surface area contributed by atoms with Gasteiger partial charge in [-0.05, 0) is 30.2 Å². The number of hydrogen-bond acceptors (Lipinski definition) is 4. The summed E-state index contributed by atoms with van der Waals surface area (Å²) in [6.45, 7) is 0. The fourth-order valence-electron chi connectivity index (χ4n) is 3.29. The number of ether oxygens (including phenoxy) is 2. The zero-order valence-electron chi connectivity index (χ0n) is 15.3. The van der Waals surface area contributed by atoms with E-state index < -0.39 is 12.0 Å². The van der Waals surface area contributed by atoms with Crippen LogP contribution in [0.25, 0.3) is 0 Å². The monoisotopic (exact) mass is 369 g/mol. The Bertz CT molecular complexity index is 821. The van der Waals surface area contributed by atoms with Gasteiger partial charge < -0.3 is 19.9 Å². The Labute approximate surface area is 158 Å². The summed E-state index contributed by atoms with van der Waals surface area (Å²) in [5.41, 5.74) is 1.78. The predicted molar refractivity (Wildman–Crippen MR) is 100 cm³/mol. The zero-order valence-corrected chi connectivity index (χ0v) is 15.3. The van der Waals surface area contributed by atoms with Gasteiger partial charge >= 0.3 is 5.97 Å². The van der Waals surface area contributed by atoms with E-state index in [1.54, 1.807) is 20.3 Å². The summed E-state index contributed by atoms with van der Waals surface area (Å²) in [5, 5.41) is 12.1. The number of hydrogen-bond donors (Lipinski definition) is 2. The van der Waals surface area contributed by atoms with Crippen molar-refractivity contribution in [2.24, 2.45) is 5.92 Å². The number of benzene rings is 2. The summed E-state index contributed by atoms with van der Waals surface area (Å²) in [6.07, 6.45) is 0.912. The van der Waals surface area contributed by atoms with Gasteiger partial charge in [0, 0.05) is 23.8 Å². The molecular weight excluding hydrogens is 346 g/mol. The molecule has 6 heteroatoms. The van der Waals surface area contributed by atoms with Crippen molar-refractivity contribution in [3.63, 3.8) is 0 Å². The first kappa shape index (κ1) is 18.8. The summed E-state index contributed by atoms with van der Waals surface area (Å²) in [7, 11) is 3.17. The molecule has 0 aliphatic heterocycles. The maximum absolute atomic E-state index is 12.6. The van der Waals surface area contributed by atoms with Gasteiger partial charge in [0.05, 0.1) is 14.2 Å². The molecule has 0 radical (unpaired) electrons. The average Bonchev–Trinajstić information content (AvgIpc) is 3.48. The van der Waals surface area contributed by atoms with Crippen LogP contribution in [0.1, 0.15) is 23.5 Å². The van der Waals surface area contributed by atoms with Crippen molar-refractivity contribution in [1.29, 1.82) is 0 Å². The maximum atomic E-state index is 12.6. The summed E-state index contributed by atoms with van der Waals surface area (Å²) < 4.78 is 10.6. The number of carbonyl (C=O) groups excluding carboxylic acids is 1. The second-order valence-electron chi connectivity index (χ2n) is 6.65. The SMILES string of the molecule is COc1ccc(OC)c(C2CC2C(=O)N[C@H](Cc2ccccc2)C(=O)O)c1. The number of nitrogens with one attached hydrogen (secondary N) is 1. The normalized spacial score (nSPS) is 19.0. The third kappa shape index (κ3) is 4.39. The molecule has 3 atom stereocenters. The summed E-state index contributed by atoms with van der Waals surface area (Å²) >= 11 is 0. The molecule has 142 valence electrons. The highest BCUT2D eigenvalue weighted by atomic mass is 16.5. The van der Waals surface area contributed by atoms with Crippen molar-refractivity contribution in [2.45, 2.75) is 24.8 Å². The van der Waals surface area contributed by atoms with E-state index in [2.05, 4.69) is 5.32 Å². The minimum atomic E-state index is -1.04. The minimum absolute atomic E-state index is 0.00113. The highest BCUT2D eigenvalue weighted by Crippen LogP contribution is 2.51. The molecule has 0 spiro atoms. The topological polar surface area (TPSA) is 84.9 Å². The minimum Gasteiger partial charge on any atom is -0.497 e. The zero-order chi connectivity index (χ0) is 19.4. The summed E-state index contributed by atoms with van der Waals surface area (Å²) in [4.78, 5) is 24.2. The van der Waals surface area contributed by atoms with Crippen LogP contribution >= 0.6 is 0 Å². The average molecular weight is 369 g/mol. The molecule has 2 aromatic carbocycles. The van der Waals surface area contributed by atoms with Crippen LogP contribution in [0.5, 0.6) is 11.5 Å². The van der Waals surface area contributed by atoms with Gasteiger partial charge in [-0.25, -0.2) is 4.79 Å². The third-order valence-electron chi connectivity index (χ3n) is 4.86. The van der Waals surface area contributed by atoms with Crippen molar-refractivity contribution in [3.8, 4) is 11.5 Å². The molecule has 0 saturated heterocycles. The second kappa shape index (κ2) is 8.12. The van der Waals surface area contributed by atoms with E-state index in [4.69, 9.17) is 9.47 Å². The Morgan fingerprint density at radius 1 is 1.15 bits per heavy atom. The quantitative estimate of drug-likeness (QED) is 0.747. The van der Waals surface area contributed by atoms with Crippen LogP contribution in [-0.4, -0.2) is 37.2 Å². The molecule has 2 unspecified atom stereocenters. The second-order valence-corrected chi connectivity index (χ2v) is 6.65. The molecule has 0 heterocycles. The molecule has 2 N–H and O–H groups in total. The summed E-state index contributed by atoms with van der Waals surface area (Å²) in [5.74, 6) is -0.138. The predicted octanol–water partition coefficient (Wildman–Crippen LogP) is 2.62.